The van der Waals surface area contributed by atoms with Crippen molar-refractivity contribution in [1.82, 2.24) is 15.0 Å². The fourth-order valence-corrected chi connectivity index (χ4v) is 8.32. The normalized spacial score (nSPS) is 13.7. The summed E-state index contributed by atoms with van der Waals surface area (Å²) in [7, 11) is 0. The first kappa shape index (κ1) is 22.9. The van der Waals surface area contributed by atoms with E-state index in [4.69, 9.17) is 26.2 Å². The molecule has 4 nitrogen and oxygen atoms in total. The molecule has 0 aliphatic heterocycles. The lowest BCUT2D eigenvalue weighted by Gasteiger charge is -2.10. The summed E-state index contributed by atoms with van der Waals surface area (Å²) in [4.78, 5) is 14.5. The third kappa shape index (κ3) is 4.64. The second kappa shape index (κ2) is 11.4. The van der Waals surface area contributed by atoms with Crippen molar-refractivity contribution in [2.75, 3.05) is 0 Å². The number of aromatic nitrogens is 3. The molecule has 0 N–H and O–H groups in total. The van der Waals surface area contributed by atoms with Gasteiger partial charge in [-0.05, 0) is 69.1 Å². The highest BCUT2D eigenvalue weighted by Crippen LogP contribution is 2.40. The van der Waals surface area contributed by atoms with Crippen LogP contribution in [0.4, 0.5) is 0 Å². The Hall–Kier alpha value is -6.69. The molecular formula is C47H27N3OS. The van der Waals surface area contributed by atoms with Crippen molar-refractivity contribution >= 4 is 75.0 Å². The Morgan fingerprint density at radius 3 is 2.08 bits per heavy atom. The van der Waals surface area contributed by atoms with Gasteiger partial charge < -0.3 is 4.42 Å². The number of fused-ring (bicyclic) bond motifs is 9. The maximum atomic E-state index is 9.25. The zero-order chi connectivity index (χ0) is 40.3. The van der Waals surface area contributed by atoms with Gasteiger partial charge in [0.1, 0.15) is 11.2 Å². The topological polar surface area (TPSA) is 51.8 Å². The van der Waals surface area contributed by atoms with E-state index in [9.17, 15) is 2.74 Å². The van der Waals surface area contributed by atoms with E-state index in [0.717, 1.165) is 37.2 Å². The number of rotatable bonds is 4. The van der Waals surface area contributed by atoms with Crippen molar-refractivity contribution in [3.63, 3.8) is 0 Å². The Kier molecular flexibility index (Phi) is 5.03. The van der Waals surface area contributed by atoms with Crippen LogP contribution in [0.15, 0.2) is 168 Å². The average molecular weight is 689 g/mol. The molecule has 52 heavy (non-hydrogen) atoms. The van der Waals surface area contributed by atoms with Crippen LogP contribution >= 0.6 is 11.3 Å². The van der Waals surface area contributed by atoms with Gasteiger partial charge >= 0.3 is 0 Å². The summed E-state index contributed by atoms with van der Waals surface area (Å²) in [5.41, 5.74) is 3.25. The fourth-order valence-electron chi connectivity index (χ4n) is 7.17. The molecule has 0 spiro atoms. The zero-order valence-corrected chi connectivity index (χ0v) is 28.0. The summed E-state index contributed by atoms with van der Waals surface area (Å²) in [5.74, 6) is 0.110. The second-order valence-corrected chi connectivity index (χ2v) is 13.7. The van der Waals surface area contributed by atoms with Crippen molar-refractivity contribution in [1.29, 1.82) is 0 Å². The minimum absolute atomic E-state index is 0.0546. The van der Waals surface area contributed by atoms with E-state index in [0.29, 0.717) is 38.6 Å². The third-order valence-corrected chi connectivity index (χ3v) is 10.8. The molecule has 0 radical (unpaired) electrons. The molecule has 0 fully saturated rings. The molecule has 0 atom stereocenters. The quantitative estimate of drug-likeness (QED) is 0.173. The third-order valence-electron chi connectivity index (χ3n) is 9.64. The van der Waals surface area contributed by atoms with Crippen LogP contribution in [0.2, 0.25) is 0 Å². The first-order chi connectivity index (χ1) is 28.6. The summed E-state index contributed by atoms with van der Waals surface area (Å²) < 4.78 is 70.0. The number of nitrogens with zero attached hydrogens (tertiary/aromatic N) is 3. The number of hydrogen-bond acceptors (Lipinski definition) is 5. The Balaban J connectivity index is 1.15. The molecule has 0 aliphatic rings. The molecule has 0 unspecified atom stereocenters. The van der Waals surface area contributed by atoms with Crippen molar-refractivity contribution in [3.05, 3.63) is 164 Å². The van der Waals surface area contributed by atoms with Gasteiger partial charge in [-0.15, -0.1) is 11.3 Å². The van der Waals surface area contributed by atoms with E-state index in [1.165, 1.54) is 10.1 Å². The predicted molar refractivity (Wildman–Crippen MR) is 217 cm³/mol. The van der Waals surface area contributed by atoms with Crippen LogP contribution in [0.5, 0.6) is 0 Å². The van der Waals surface area contributed by atoms with Crippen molar-refractivity contribution in [3.8, 4) is 45.3 Å². The maximum absolute atomic E-state index is 9.25. The van der Waals surface area contributed by atoms with E-state index in [2.05, 4.69) is 30.3 Å². The standard InChI is InChI=1S/C47H27N3OS/c1-2-10-30(11-3-1)45-48-46(33-20-19-29-18-17-28-9-4-5-12-34(28)39(29)25-33)50-47(49-45)38-14-8-15-40-44(38)37-24-22-31(26-41(37)51-40)32-21-23-36-35-13-6-7-16-42(35)52-43(36)27-32/h1-27H/i1D,2D,3D,10D,11D,14D,22D. The first-order valence-corrected chi connectivity index (χ1v) is 17.6. The van der Waals surface area contributed by atoms with Gasteiger partial charge in [0.05, 0.1) is 9.60 Å². The van der Waals surface area contributed by atoms with E-state index in [-0.39, 0.29) is 35.1 Å². The number of thiophene rings is 1. The van der Waals surface area contributed by atoms with Gasteiger partial charge in [-0.2, -0.15) is 0 Å². The molecule has 11 aromatic rings. The molecule has 11 rings (SSSR count). The molecule has 0 amide bonds. The highest BCUT2D eigenvalue weighted by Gasteiger charge is 2.19. The summed E-state index contributed by atoms with van der Waals surface area (Å²) in [5, 5.41) is 7.52. The Bertz CT molecular complexity index is 3590. The van der Waals surface area contributed by atoms with Crippen LogP contribution in [0.1, 0.15) is 9.60 Å². The van der Waals surface area contributed by atoms with Crippen LogP contribution < -0.4 is 0 Å². The monoisotopic (exact) mass is 688 g/mol. The van der Waals surface area contributed by atoms with Gasteiger partial charge in [0.25, 0.3) is 0 Å². The summed E-state index contributed by atoms with van der Waals surface area (Å²) in [6, 6.07) is 37.3. The Morgan fingerprint density at radius 1 is 0.442 bits per heavy atom. The van der Waals surface area contributed by atoms with Crippen LogP contribution in [0.3, 0.4) is 0 Å². The second-order valence-electron chi connectivity index (χ2n) is 12.7. The lowest BCUT2D eigenvalue weighted by Crippen LogP contribution is -2.00. The highest BCUT2D eigenvalue weighted by molar-refractivity contribution is 7.25. The SMILES string of the molecule is [2H]c1cc2c(cc1-c1ccc3c(c1)sc1ccccc13)oc1ccc([2H])c(-c3nc(-c4ccc5ccc6ccccc6c5c4)nc(-c4c([2H])c([2H])c([2H])c([2H])c4[2H])n3)c12. The Morgan fingerprint density at radius 2 is 1.17 bits per heavy atom. The number of hydrogen-bond donors (Lipinski definition) is 0. The van der Waals surface area contributed by atoms with Crippen molar-refractivity contribution < 1.29 is 14.0 Å². The van der Waals surface area contributed by atoms with Crippen LogP contribution in [0, 0.1) is 0 Å². The number of furan rings is 1. The minimum Gasteiger partial charge on any atom is -0.456 e. The summed E-state index contributed by atoms with van der Waals surface area (Å²) in [6.45, 7) is 0. The Labute approximate surface area is 312 Å². The van der Waals surface area contributed by atoms with E-state index in [1.54, 1.807) is 29.5 Å². The van der Waals surface area contributed by atoms with Gasteiger partial charge in [-0.1, -0.05) is 127 Å². The van der Waals surface area contributed by atoms with Crippen LogP contribution in [0.25, 0.3) is 109 Å². The zero-order valence-electron chi connectivity index (χ0n) is 34.2. The van der Waals surface area contributed by atoms with Gasteiger partial charge in [-0.25, -0.2) is 15.0 Å². The van der Waals surface area contributed by atoms with E-state index < -0.39 is 30.2 Å². The lowest BCUT2D eigenvalue weighted by molar-refractivity contribution is 0.669. The molecule has 3 aromatic heterocycles. The molecule has 5 heteroatoms. The van der Waals surface area contributed by atoms with Crippen molar-refractivity contribution in [2.45, 2.75) is 0 Å². The van der Waals surface area contributed by atoms with Gasteiger partial charge in [-0.3, -0.25) is 0 Å². The number of benzene rings is 8. The molecular weight excluding hydrogens is 655 g/mol. The maximum Gasteiger partial charge on any atom is 0.164 e. The molecule has 8 aromatic carbocycles. The van der Waals surface area contributed by atoms with E-state index >= 15 is 0 Å². The molecule has 0 saturated carbocycles. The van der Waals surface area contributed by atoms with E-state index in [1.807, 2.05) is 72.8 Å². The van der Waals surface area contributed by atoms with Gasteiger partial charge in [0.2, 0.25) is 0 Å². The largest absolute Gasteiger partial charge is 0.456 e. The average Bonchev–Trinajstić information content (AvgIpc) is 3.81. The van der Waals surface area contributed by atoms with Crippen molar-refractivity contribution in [2.24, 2.45) is 0 Å². The molecule has 0 bridgehead atoms. The van der Waals surface area contributed by atoms with Gasteiger partial charge in [0.15, 0.2) is 17.5 Å². The van der Waals surface area contributed by atoms with Gasteiger partial charge in [0, 0.05) is 47.6 Å². The van der Waals surface area contributed by atoms with Crippen LogP contribution in [-0.4, -0.2) is 15.0 Å². The molecule has 3 heterocycles. The fraction of sp³-hybridized carbons (Fsp3) is 0. The summed E-state index contributed by atoms with van der Waals surface area (Å²) >= 11 is 1.71. The molecule has 242 valence electrons. The smallest absolute Gasteiger partial charge is 0.164 e. The first-order valence-electron chi connectivity index (χ1n) is 20.3. The minimum atomic E-state index is -0.531. The summed E-state index contributed by atoms with van der Waals surface area (Å²) in [6.07, 6.45) is 0. The predicted octanol–water partition coefficient (Wildman–Crippen LogP) is 13.1. The van der Waals surface area contributed by atoms with Crippen LogP contribution in [-0.2, 0) is 0 Å². The lowest BCUT2D eigenvalue weighted by atomic mass is 9.99. The molecule has 0 aliphatic carbocycles. The highest BCUT2D eigenvalue weighted by atomic mass is 32.1. The molecule has 0 saturated heterocycles.